The quantitative estimate of drug-likeness (QED) is 0.163. The minimum Gasteiger partial charge on any atom is -0.456 e. The average Bonchev–Trinajstić information content (AvgIpc) is 3.74. The van der Waals surface area contributed by atoms with Crippen molar-refractivity contribution in [2.24, 2.45) is 4.99 Å². The SMILES string of the molecule is C1=C(c2ccccc2)N=C(c2cccc(-c3ccc(-c4nc5ccccc5c5c(-c6ccccc6)c6c(cc45)oc4ccccc46)cc3)c2)NC1c1ccc(-c2ccccc2)cc1. The lowest BCUT2D eigenvalue weighted by Crippen LogP contribution is -2.31. The third kappa shape index (κ3) is 6.57. The lowest BCUT2D eigenvalue weighted by Gasteiger charge is -2.25. The summed E-state index contributed by atoms with van der Waals surface area (Å²) < 4.78 is 6.60. The second-order valence-electron chi connectivity index (χ2n) is 16.1. The first-order valence-corrected chi connectivity index (χ1v) is 21.4. The van der Waals surface area contributed by atoms with E-state index in [1.807, 2.05) is 12.1 Å². The largest absolute Gasteiger partial charge is 0.456 e. The van der Waals surface area contributed by atoms with Crippen LogP contribution in [0.15, 0.2) is 234 Å². The van der Waals surface area contributed by atoms with Gasteiger partial charge in [-0.05, 0) is 69.3 Å². The number of rotatable bonds is 7. The van der Waals surface area contributed by atoms with Crippen LogP contribution in [0.4, 0.5) is 0 Å². The van der Waals surface area contributed by atoms with E-state index in [1.165, 1.54) is 22.1 Å². The van der Waals surface area contributed by atoms with Crippen LogP contribution in [0.1, 0.15) is 22.7 Å². The monoisotopic (exact) mass is 805 g/mol. The van der Waals surface area contributed by atoms with Gasteiger partial charge in [0.25, 0.3) is 0 Å². The van der Waals surface area contributed by atoms with Crippen LogP contribution in [0.5, 0.6) is 0 Å². The van der Waals surface area contributed by atoms with Crippen LogP contribution in [0, 0.1) is 0 Å². The molecule has 0 amide bonds. The van der Waals surface area contributed by atoms with Crippen LogP contribution in [-0.4, -0.2) is 10.8 Å². The maximum atomic E-state index is 6.60. The van der Waals surface area contributed by atoms with Gasteiger partial charge in [0, 0.05) is 43.6 Å². The van der Waals surface area contributed by atoms with Crippen LogP contribution < -0.4 is 5.32 Å². The molecule has 3 heterocycles. The molecule has 11 aromatic rings. The highest BCUT2D eigenvalue weighted by atomic mass is 16.3. The summed E-state index contributed by atoms with van der Waals surface area (Å²) in [5.74, 6) is 0.838. The van der Waals surface area contributed by atoms with Gasteiger partial charge in [-0.1, -0.05) is 194 Å². The lowest BCUT2D eigenvalue weighted by molar-refractivity contribution is 0.669. The first kappa shape index (κ1) is 36.5. The van der Waals surface area contributed by atoms with Crippen LogP contribution in [-0.2, 0) is 0 Å². The molecule has 9 aromatic carbocycles. The molecule has 0 fully saturated rings. The summed E-state index contributed by atoms with van der Waals surface area (Å²) >= 11 is 0. The molecule has 1 aliphatic rings. The van der Waals surface area contributed by atoms with E-state index in [4.69, 9.17) is 14.4 Å². The summed E-state index contributed by atoms with van der Waals surface area (Å²) in [6.45, 7) is 0. The van der Waals surface area contributed by atoms with E-state index in [0.717, 1.165) is 94.4 Å². The normalized spacial score (nSPS) is 13.9. The molecule has 2 aromatic heterocycles. The van der Waals surface area contributed by atoms with Crippen molar-refractivity contribution >= 4 is 55.1 Å². The van der Waals surface area contributed by atoms with Gasteiger partial charge in [-0.2, -0.15) is 0 Å². The van der Waals surface area contributed by atoms with Crippen LogP contribution in [0.3, 0.4) is 0 Å². The highest BCUT2D eigenvalue weighted by Crippen LogP contribution is 2.46. The number of fused-ring (bicyclic) bond motifs is 6. The van der Waals surface area contributed by atoms with E-state index in [2.05, 4.69) is 218 Å². The number of pyridine rings is 1. The number of para-hydroxylation sites is 2. The van der Waals surface area contributed by atoms with Crippen molar-refractivity contribution in [1.82, 2.24) is 10.3 Å². The molecular weight excluding hydrogens is 767 g/mol. The number of furan rings is 1. The van der Waals surface area contributed by atoms with Gasteiger partial charge in [-0.3, -0.25) is 0 Å². The molecule has 296 valence electrons. The zero-order valence-electron chi connectivity index (χ0n) is 34.2. The van der Waals surface area contributed by atoms with Crippen molar-refractivity contribution in [2.75, 3.05) is 0 Å². The number of amidine groups is 1. The maximum absolute atomic E-state index is 6.60. The fourth-order valence-electron chi connectivity index (χ4n) is 9.24. The average molecular weight is 806 g/mol. The predicted octanol–water partition coefficient (Wildman–Crippen LogP) is 15.1. The molecular formula is C59H39N3O. The van der Waals surface area contributed by atoms with Crippen molar-refractivity contribution < 1.29 is 4.42 Å². The predicted molar refractivity (Wildman–Crippen MR) is 262 cm³/mol. The highest BCUT2D eigenvalue weighted by molar-refractivity contribution is 6.27. The van der Waals surface area contributed by atoms with E-state index >= 15 is 0 Å². The van der Waals surface area contributed by atoms with Gasteiger partial charge >= 0.3 is 0 Å². The Labute approximate surface area is 365 Å². The number of hydrogen-bond acceptors (Lipinski definition) is 4. The van der Waals surface area contributed by atoms with Crippen molar-refractivity contribution in [2.45, 2.75) is 6.04 Å². The Balaban J connectivity index is 0.935. The smallest absolute Gasteiger partial charge is 0.136 e. The summed E-state index contributed by atoms with van der Waals surface area (Å²) in [6, 6.07) is 76.9. The second-order valence-corrected chi connectivity index (χ2v) is 16.1. The molecule has 0 spiro atoms. The van der Waals surface area contributed by atoms with Crippen LogP contribution in [0.25, 0.3) is 93.9 Å². The van der Waals surface area contributed by atoms with Crippen LogP contribution in [0.2, 0.25) is 0 Å². The zero-order chi connectivity index (χ0) is 41.7. The molecule has 1 N–H and O–H groups in total. The minimum atomic E-state index is -0.0621. The number of nitrogens with one attached hydrogen (secondary N) is 1. The zero-order valence-corrected chi connectivity index (χ0v) is 34.2. The van der Waals surface area contributed by atoms with Crippen LogP contribution >= 0.6 is 0 Å². The molecule has 0 aliphatic carbocycles. The van der Waals surface area contributed by atoms with Gasteiger partial charge in [-0.25, -0.2) is 9.98 Å². The topological polar surface area (TPSA) is 50.4 Å². The number of aliphatic imine (C=N–C) groups is 1. The van der Waals surface area contributed by atoms with E-state index in [0.29, 0.717) is 0 Å². The Hall–Kier alpha value is -8.34. The first-order chi connectivity index (χ1) is 31.2. The molecule has 4 heteroatoms. The summed E-state index contributed by atoms with van der Waals surface area (Å²) in [6.07, 6.45) is 2.23. The molecule has 1 atom stereocenters. The van der Waals surface area contributed by atoms with Crippen molar-refractivity contribution in [3.8, 4) is 44.6 Å². The lowest BCUT2D eigenvalue weighted by atomic mass is 9.89. The van der Waals surface area contributed by atoms with E-state index in [9.17, 15) is 0 Å². The Bertz CT molecular complexity index is 3550. The van der Waals surface area contributed by atoms with Crippen molar-refractivity contribution in [1.29, 1.82) is 0 Å². The van der Waals surface area contributed by atoms with Gasteiger partial charge in [0.2, 0.25) is 0 Å². The molecule has 12 rings (SSSR count). The van der Waals surface area contributed by atoms with Gasteiger partial charge in [0.05, 0.1) is 22.9 Å². The Morgan fingerprint density at radius 3 is 1.73 bits per heavy atom. The van der Waals surface area contributed by atoms with E-state index < -0.39 is 0 Å². The Morgan fingerprint density at radius 2 is 0.968 bits per heavy atom. The minimum absolute atomic E-state index is 0.0621. The third-order valence-corrected chi connectivity index (χ3v) is 12.3. The first-order valence-electron chi connectivity index (χ1n) is 21.4. The summed E-state index contributed by atoms with van der Waals surface area (Å²) in [5, 5.41) is 9.36. The second kappa shape index (κ2) is 15.3. The number of benzene rings is 9. The van der Waals surface area contributed by atoms with Gasteiger partial charge in [0.15, 0.2) is 0 Å². The van der Waals surface area contributed by atoms with Gasteiger partial charge in [-0.15, -0.1) is 0 Å². The molecule has 0 radical (unpaired) electrons. The number of aromatic nitrogens is 1. The summed E-state index contributed by atoms with van der Waals surface area (Å²) in [5.41, 5.74) is 15.8. The van der Waals surface area contributed by atoms with Crippen molar-refractivity contribution in [3.05, 3.63) is 241 Å². The molecule has 4 nitrogen and oxygen atoms in total. The molecule has 0 bridgehead atoms. The molecule has 0 saturated heterocycles. The maximum Gasteiger partial charge on any atom is 0.136 e. The van der Waals surface area contributed by atoms with Crippen molar-refractivity contribution in [3.63, 3.8) is 0 Å². The molecule has 63 heavy (non-hydrogen) atoms. The Morgan fingerprint density at radius 1 is 0.397 bits per heavy atom. The standard InChI is InChI=1S/C59H39N3O/c1-4-15-38(16-5-1)39-27-31-42(32-28-39)52-37-51(41-17-6-2-7-18-41)61-59(62-52)46-22-14-21-45(35-46)40-29-33-44(34-30-40)58-49-36-54-57(48-24-11-13-26-53(48)63-54)55(43-19-8-3-9-20-43)56(49)47-23-10-12-25-50(47)60-58/h1-37,52H,(H,61,62). The fraction of sp³-hybridized carbons (Fsp3) is 0.0169. The van der Waals surface area contributed by atoms with Gasteiger partial charge in [0.1, 0.15) is 17.0 Å². The highest BCUT2D eigenvalue weighted by Gasteiger charge is 2.23. The Kier molecular flexibility index (Phi) is 8.86. The molecule has 1 aliphatic heterocycles. The number of nitrogens with zero attached hydrogens (tertiary/aromatic N) is 2. The summed E-state index contributed by atoms with van der Waals surface area (Å²) in [7, 11) is 0. The van der Waals surface area contributed by atoms with E-state index in [-0.39, 0.29) is 6.04 Å². The van der Waals surface area contributed by atoms with E-state index in [1.54, 1.807) is 0 Å². The summed E-state index contributed by atoms with van der Waals surface area (Å²) in [4.78, 5) is 10.6. The third-order valence-electron chi connectivity index (χ3n) is 12.3. The fourth-order valence-corrected chi connectivity index (χ4v) is 9.24. The molecule has 0 saturated carbocycles. The molecule has 1 unspecified atom stereocenters. The van der Waals surface area contributed by atoms with Gasteiger partial charge < -0.3 is 9.73 Å². The number of hydrogen-bond donors (Lipinski definition) is 1.